The van der Waals surface area contributed by atoms with Gasteiger partial charge in [0.05, 0.1) is 0 Å². The number of hydrogen-bond donors (Lipinski definition) is 0. The molecule has 0 amide bonds. The quantitative estimate of drug-likeness (QED) is 0.423. The highest BCUT2D eigenvalue weighted by Gasteiger charge is 2.74. The molecule has 2 heteroatoms. The molecule has 2 rings (SSSR count). The summed E-state index contributed by atoms with van der Waals surface area (Å²) in [5.41, 5.74) is 0.527. The Hall–Kier alpha value is -0.140. The van der Waals surface area contributed by atoms with E-state index in [2.05, 4.69) is 41.5 Å². The average Bonchev–Trinajstić information content (AvgIpc) is 3.04. The van der Waals surface area contributed by atoms with E-state index in [0.717, 1.165) is 11.8 Å². The Balaban J connectivity index is 0.000000243. The lowest BCUT2D eigenvalue weighted by Gasteiger charge is -2.24. The van der Waals surface area contributed by atoms with Crippen molar-refractivity contribution in [2.24, 2.45) is 45.3 Å². The van der Waals surface area contributed by atoms with E-state index in [1.165, 1.54) is 6.42 Å². The van der Waals surface area contributed by atoms with E-state index in [-0.39, 0.29) is 10.8 Å². The van der Waals surface area contributed by atoms with Crippen molar-refractivity contribution in [2.75, 3.05) is 0 Å². The van der Waals surface area contributed by atoms with Gasteiger partial charge in [0.1, 0.15) is 0 Å². The zero-order chi connectivity index (χ0) is 19.5. The van der Waals surface area contributed by atoms with Gasteiger partial charge >= 0.3 is 0 Å². The molecule has 2 aliphatic rings. The van der Waals surface area contributed by atoms with Crippen LogP contribution in [0.2, 0.25) is 0 Å². The van der Waals surface area contributed by atoms with Crippen LogP contribution in [0.1, 0.15) is 89.5 Å². The minimum absolute atomic E-state index is 0.276. The highest BCUT2D eigenvalue weighted by atomic mass is 19.3. The molecule has 0 bridgehead atoms. The molecule has 0 nitrogen and oxygen atoms in total. The summed E-state index contributed by atoms with van der Waals surface area (Å²) in [5.74, 6) is -1.39. The summed E-state index contributed by atoms with van der Waals surface area (Å²) in [7, 11) is 0. The van der Waals surface area contributed by atoms with Gasteiger partial charge in [-0.1, -0.05) is 83.1 Å². The van der Waals surface area contributed by atoms with Crippen LogP contribution in [0.3, 0.4) is 0 Å². The molecule has 2 aliphatic carbocycles. The molecule has 0 aliphatic heterocycles. The van der Waals surface area contributed by atoms with Crippen LogP contribution in [-0.2, 0) is 0 Å². The van der Waals surface area contributed by atoms with Gasteiger partial charge in [0.15, 0.2) is 0 Å². The van der Waals surface area contributed by atoms with Crippen molar-refractivity contribution < 1.29 is 8.78 Å². The topological polar surface area (TPSA) is 0 Å². The average molecular weight is 345 g/mol. The van der Waals surface area contributed by atoms with Crippen LogP contribution in [0.5, 0.6) is 0 Å². The second-order valence-electron chi connectivity index (χ2n) is 12.5. The summed E-state index contributed by atoms with van der Waals surface area (Å²) in [4.78, 5) is 0. The molecule has 0 saturated heterocycles. The van der Waals surface area contributed by atoms with E-state index in [9.17, 15) is 8.78 Å². The highest BCUT2D eigenvalue weighted by molar-refractivity contribution is 5.13. The second-order valence-corrected chi connectivity index (χ2v) is 12.5. The van der Waals surface area contributed by atoms with Crippen LogP contribution in [0.15, 0.2) is 0 Å². The number of hydrogen-bond acceptors (Lipinski definition) is 0. The molecule has 0 spiro atoms. The molecule has 0 aromatic carbocycles. The van der Waals surface area contributed by atoms with E-state index in [4.69, 9.17) is 0 Å². The molecule has 2 saturated carbocycles. The number of rotatable bonds is 0. The Kier molecular flexibility index (Phi) is 5.43. The van der Waals surface area contributed by atoms with E-state index in [1.54, 1.807) is 0 Å². The van der Waals surface area contributed by atoms with Crippen molar-refractivity contribution in [3.63, 3.8) is 0 Å². The monoisotopic (exact) mass is 344 g/mol. The third-order valence-corrected chi connectivity index (χ3v) is 5.93. The lowest BCUT2D eigenvalue weighted by Crippen LogP contribution is -2.16. The van der Waals surface area contributed by atoms with E-state index in [0.29, 0.717) is 10.8 Å². The van der Waals surface area contributed by atoms with Crippen molar-refractivity contribution in [3.05, 3.63) is 0 Å². The smallest absolute Gasteiger partial charge is 0.206 e. The van der Waals surface area contributed by atoms with Crippen molar-refractivity contribution >= 4 is 0 Å². The zero-order valence-corrected chi connectivity index (χ0v) is 18.3. The summed E-state index contributed by atoms with van der Waals surface area (Å²) in [6.07, 6.45) is 1.45. The summed E-state index contributed by atoms with van der Waals surface area (Å²) < 4.78 is 26.9. The second kappa shape index (κ2) is 5.95. The summed E-state index contributed by atoms with van der Waals surface area (Å²) in [5, 5.41) is 0. The van der Waals surface area contributed by atoms with Crippen LogP contribution in [0.25, 0.3) is 0 Å². The van der Waals surface area contributed by atoms with E-state index < -0.39 is 17.8 Å². The minimum Gasteiger partial charge on any atom is -0.206 e. The largest absolute Gasteiger partial charge is 0.255 e. The molecule has 0 radical (unpaired) electrons. The van der Waals surface area contributed by atoms with Gasteiger partial charge in [-0.25, -0.2) is 8.78 Å². The van der Waals surface area contributed by atoms with Crippen LogP contribution < -0.4 is 0 Å². The molecule has 0 aromatic rings. The van der Waals surface area contributed by atoms with Crippen LogP contribution in [-0.4, -0.2) is 5.92 Å². The van der Waals surface area contributed by atoms with Crippen LogP contribution in [0.4, 0.5) is 8.78 Å². The summed E-state index contributed by atoms with van der Waals surface area (Å²) in [6, 6.07) is 0. The summed E-state index contributed by atoms with van der Waals surface area (Å²) in [6.45, 7) is 25.6. The molecule has 2 fully saturated rings. The predicted molar refractivity (Wildman–Crippen MR) is 101 cm³/mol. The van der Waals surface area contributed by atoms with Gasteiger partial charge in [-0.2, -0.15) is 0 Å². The van der Waals surface area contributed by atoms with Gasteiger partial charge < -0.3 is 0 Å². The molecular formula is C22H42F2. The fraction of sp³-hybridized carbons (Fsp3) is 1.00. The van der Waals surface area contributed by atoms with Crippen LogP contribution >= 0.6 is 0 Å². The molecular weight excluding hydrogens is 302 g/mol. The Labute approximate surface area is 150 Å². The SMILES string of the molecule is CC(C)(C)C1C(C(C)(C)C)C1(F)F.CC(C)(C)C1CC1C(C)(C)C. The van der Waals surface area contributed by atoms with Gasteiger partial charge in [0.25, 0.3) is 5.92 Å². The molecule has 4 atom stereocenters. The Morgan fingerprint density at radius 3 is 0.875 bits per heavy atom. The Bertz CT molecular complexity index is 395. The molecule has 144 valence electrons. The van der Waals surface area contributed by atoms with Gasteiger partial charge in [0.2, 0.25) is 0 Å². The first-order valence-corrected chi connectivity index (χ1v) is 9.59. The lowest BCUT2D eigenvalue weighted by molar-refractivity contribution is 0.0510. The highest BCUT2D eigenvalue weighted by Crippen LogP contribution is 2.68. The maximum Gasteiger partial charge on any atom is 0.255 e. The zero-order valence-electron chi connectivity index (χ0n) is 18.3. The van der Waals surface area contributed by atoms with Gasteiger partial charge in [-0.15, -0.1) is 0 Å². The predicted octanol–water partition coefficient (Wildman–Crippen LogP) is 7.67. The lowest BCUT2D eigenvalue weighted by atomic mass is 9.81. The first-order valence-electron chi connectivity index (χ1n) is 9.59. The maximum atomic E-state index is 13.5. The van der Waals surface area contributed by atoms with Gasteiger partial charge in [-0.05, 0) is 39.9 Å². The molecule has 0 aromatic heterocycles. The first-order chi connectivity index (χ1) is 10.2. The van der Waals surface area contributed by atoms with Gasteiger partial charge in [-0.3, -0.25) is 0 Å². The van der Waals surface area contributed by atoms with E-state index >= 15 is 0 Å². The van der Waals surface area contributed by atoms with E-state index in [1.807, 2.05) is 41.5 Å². The third kappa shape index (κ3) is 4.94. The fourth-order valence-corrected chi connectivity index (χ4v) is 4.59. The normalized spacial score (nSPS) is 32.8. The molecule has 0 heterocycles. The Morgan fingerprint density at radius 2 is 0.792 bits per heavy atom. The molecule has 4 unspecified atom stereocenters. The number of alkyl halides is 2. The Morgan fingerprint density at radius 1 is 0.542 bits per heavy atom. The third-order valence-electron chi connectivity index (χ3n) is 5.93. The molecule has 0 N–H and O–H groups in total. The summed E-state index contributed by atoms with van der Waals surface area (Å²) >= 11 is 0. The van der Waals surface area contributed by atoms with Crippen molar-refractivity contribution in [1.82, 2.24) is 0 Å². The van der Waals surface area contributed by atoms with Crippen molar-refractivity contribution in [2.45, 2.75) is 95.4 Å². The van der Waals surface area contributed by atoms with Crippen LogP contribution in [0, 0.1) is 45.3 Å². The standard InChI is InChI=1S/C11H20F2.C11H22/c1-9(2,3)7-8(10(4,5)6)11(7,12)13;1-10(2,3)8-7-9(8)11(4,5)6/h7-8H,1-6H3;8-9H,7H2,1-6H3. The first kappa shape index (κ1) is 21.9. The van der Waals surface area contributed by atoms with Crippen molar-refractivity contribution in [3.8, 4) is 0 Å². The maximum absolute atomic E-state index is 13.5. The molecule has 24 heavy (non-hydrogen) atoms. The fourth-order valence-electron chi connectivity index (χ4n) is 4.59. The minimum atomic E-state index is -2.45. The van der Waals surface area contributed by atoms with Crippen molar-refractivity contribution in [1.29, 1.82) is 0 Å². The van der Waals surface area contributed by atoms with Gasteiger partial charge in [0, 0.05) is 11.8 Å². The number of halogens is 2.